The second kappa shape index (κ2) is 7.73. The zero-order valence-electron chi connectivity index (χ0n) is 19.2. The number of pyridine rings is 1. The molecule has 0 unspecified atom stereocenters. The molecule has 174 valence electrons. The van der Waals surface area contributed by atoms with E-state index in [0.717, 1.165) is 38.0 Å². The summed E-state index contributed by atoms with van der Waals surface area (Å²) in [5, 5.41) is 7.28. The fourth-order valence-corrected chi connectivity index (χ4v) is 4.49. The SMILES string of the molecule is CC(C)(F)c1nccc(-n2c3nc(Nc4ccc5c(c4)CCNC5)ccc3c(=O)n2C2CC2)n1. The van der Waals surface area contributed by atoms with E-state index in [-0.39, 0.29) is 17.4 Å². The average Bonchev–Trinajstić information content (AvgIpc) is 3.62. The van der Waals surface area contributed by atoms with Crippen LogP contribution < -0.4 is 16.2 Å². The number of benzene rings is 1. The standard InChI is InChI=1S/C25H26FN7O/c1-25(2,26)24-28-12-10-21(31-24)33-22-19(23(34)32(33)18-5-6-18)7-8-20(30-22)29-17-4-3-16-14-27-11-9-15(16)13-17/h3-4,7-8,10,12-13,18,27H,5-6,9,11,14H2,1-2H3,(H,29,30). The number of fused-ring (bicyclic) bond motifs is 2. The van der Waals surface area contributed by atoms with Crippen molar-refractivity contribution in [3.8, 4) is 5.82 Å². The van der Waals surface area contributed by atoms with Crippen LogP contribution in [-0.2, 0) is 18.6 Å². The third-order valence-corrected chi connectivity index (χ3v) is 6.38. The molecule has 8 nitrogen and oxygen atoms in total. The van der Waals surface area contributed by atoms with E-state index in [0.29, 0.717) is 22.7 Å². The summed E-state index contributed by atoms with van der Waals surface area (Å²) in [5.41, 5.74) is 2.26. The maximum absolute atomic E-state index is 14.6. The Balaban J connectivity index is 1.46. The third-order valence-electron chi connectivity index (χ3n) is 6.38. The van der Waals surface area contributed by atoms with Gasteiger partial charge in [0.25, 0.3) is 5.56 Å². The van der Waals surface area contributed by atoms with Crippen molar-refractivity contribution in [3.05, 3.63) is 69.9 Å². The minimum atomic E-state index is -1.70. The van der Waals surface area contributed by atoms with Gasteiger partial charge in [0.15, 0.2) is 23.0 Å². The van der Waals surface area contributed by atoms with Gasteiger partial charge in [0.2, 0.25) is 0 Å². The number of alkyl halides is 1. The first-order valence-corrected chi connectivity index (χ1v) is 11.6. The minimum Gasteiger partial charge on any atom is -0.340 e. The summed E-state index contributed by atoms with van der Waals surface area (Å²) >= 11 is 0. The van der Waals surface area contributed by atoms with Crippen LogP contribution in [0.5, 0.6) is 0 Å². The Labute approximate surface area is 195 Å². The van der Waals surface area contributed by atoms with Gasteiger partial charge < -0.3 is 10.6 Å². The maximum atomic E-state index is 14.6. The highest BCUT2D eigenvalue weighted by Gasteiger charge is 2.31. The lowest BCUT2D eigenvalue weighted by Crippen LogP contribution is -2.23. The largest absolute Gasteiger partial charge is 0.340 e. The quantitative estimate of drug-likeness (QED) is 0.470. The van der Waals surface area contributed by atoms with Crippen molar-refractivity contribution >= 4 is 22.5 Å². The van der Waals surface area contributed by atoms with Gasteiger partial charge >= 0.3 is 0 Å². The first-order chi connectivity index (χ1) is 16.4. The van der Waals surface area contributed by atoms with E-state index in [1.54, 1.807) is 21.5 Å². The molecule has 0 atom stereocenters. The summed E-state index contributed by atoms with van der Waals surface area (Å²) in [5.74, 6) is 1.13. The van der Waals surface area contributed by atoms with E-state index in [1.807, 2.05) is 12.1 Å². The molecule has 6 rings (SSSR count). The van der Waals surface area contributed by atoms with Gasteiger partial charge in [-0.25, -0.2) is 28.7 Å². The van der Waals surface area contributed by atoms with Crippen LogP contribution in [0.4, 0.5) is 15.9 Å². The van der Waals surface area contributed by atoms with Gasteiger partial charge in [-0.05, 0) is 75.0 Å². The maximum Gasteiger partial charge on any atom is 0.276 e. The van der Waals surface area contributed by atoms with Gasteiger partial charge in [-0.3, -0.25) is 4.79 Å². The summed E-state index contributed by atoms with van der Waals surface area (Å²) in [6, 6.07) is 11.7. The Kier molecular flexibility index (Phi) is 4.77. The van der Waals surface area contributed by atoms with E-state index in [2.05, 4.69) is 32.7 Å². The lowest BCUT2D eigenvalue weighted by Gasteiger charge is -2.18. The summed E-state index contributed by atoms with van der Waals surface area (Å²) in [6.07, 6.45) is 4.34. The van der Waals surface area contributed by atoms with E-state index in [1.165, 1.54) is 31.2 Å². The number of aromatic nitrogens is 5. The molecular formula is C25H26FN7O. The van der Waals surface area contributed by atoms with Gasteiger partial charge in [0.1, 0.15) is 5.82 Å². The topological polar surface area (TPSA) is 89.7 Å². The number of halogens is 1. The van der Waals surface area contributed by atoms with Crippen LogP contribution in [0, 0.1) is 0 Å². The van der Waals surface area contributed by atoms with Crippen molar-refractivity contribution in [2.45, 2.75) is 51.4 Å². The number of nitrogens with zero attached hydrogens (tertiary/aromatic N) is 5. The van der Waals surface area contributed by atoms with Gasteiger partial charge in [-0.2, -0.15) is 0 Å². The molecule has 0 bridgehead atoms. The molecule has 0 radical (unpaired) electrons. The Bertz CT molecular complexity index is 1460. The van der Waals surface area contributed by atoms with Crippen LogP contribution >= 0.6 is 0 Å². The van der Waals surface area contributed by atoms with Crippen molar-refractivity contribution in [3.63, 3.8) is 0 Å². The smallest absolute Gasteiger partial charge is 0.276 e. The molecule has 1 saturated carbocycles. The molecule has 4 heterocycles. The van der Waals surface area contributed by atoms with E-state index >= 15 is 0 Å². The van der Waals surface area contributed by atoms with Crippen molar-refractivity contribution < 1.29 is 4.39 Å². The normalized spacial score (nSPS) is 16.0. The molecule has 1 aliphatic heterocycles. The van der Waals surface area contributed by atoms with Crippen LogP contribution in [0.1, 0.15) is 49.7 Å². The lowest BCUT2D eigenvalue weighted by molar-refractivity contribution is 0.206. The van der Waals surface area contributed by atoms with Gasteiger partial charge in [-0.1, -0.05) is 6.07 Å². The Morgan fingerprint density at radius 3 is 2.76 bits per heavy atom. The highest BCUT2D eigenvalue weighted by atomic mass is 19.1. The van der Waals surface area contributed by atoms with Crippen LogP contribution in [0.3, 0.4) is 0 Å². The number of rotatable bonds is 5. The summed E-state index contributed by atoms with van der Waals surface area (Å²) in [7, 11) is 0. The Morgan fingerprint density at radius 1 is 1.12 bits per heavy atom. The molecule has 0 saturated heterocycles. The van der Waals surface area contributed by atoms with Gasteiger partial charge in [-0.15, -0.1) is 0 Å². The highest BCUT2D eigenvalue weighted by Crippen LogP contribution is 2.36. The van der Waals surface area contributed by atoms with Crippen LogP contribution in [-0.4, -0.2) is 30.9 Å². The molecule has 1 aliphatic carbocycles. The van der Waals surface area contributed by atoms with E-state index in [9.17, 15) is 9.18 Å². The van der Waals surface area contributed by atoms with Gasteiger partial charge in [0.05, 0.1) is 11.4 Å². The van der Waals surface area contributed by atoms with E-state index < -0.39 is 5.67 Å². The number of anilines is 2. The Morgan fingerprint density at radius 2 is 1.97 bits per heavy atom. The first kappa shape index (κ1) is 21.0. The fraction of sp³-hybridized carbons (Fsp3) is 0.360. The van der Waals surface area contributed by atoms with Crippen LogP contribution in [0.25, 0.3) is 16.9 Å². The molecule has 1 fully saturated rings. The van der Waals surface area contributed by atoms with Crippen LogP contribution in [0.2, 0.25) is 0 Å². The monoisotopic (exact) mass is 459 g/mol. The van der Waals surface area contributed by atoms with Crippen LogP contribution in [0.15, 0.2) is 47.4 Å². The molecule has 0 amide bonds. The molecule has 0 spiro atoms. The summed E-state index contributed by atoms with van der Waals surface area (Å²) in [4.78, 5) is 26.6. The molecular weight excluding hydrogens is 433 g/mol. The molecule has 34 heavy (non-hydrogen) atoms. The fourth-order valence-electron chi connectivity index (χ4n) is 4.49. The van der Waals surface area contributed by atoms with Crippen molar-refractivity contribution in [2.75, 3.05) is 11.9 Å². The highest BCUT2D eigenvalue weighted by molar-refractivity contribution is 5.79. The average molecular weight is 460 g/mol. The zero-order chi connectivity index (χ0) is 23.4. The van der Waals surface area contributed by atoms with Crippen molar-refractivity contribution in [2.24, 2.45) is 0 Å². The summed E-state index contributed by atoms with van der Waals surface area (Å²) < 4.78 is 18.0. The molecule has 2 aliphatic rings. The predicted octanol–water partition coefficient (Wildman–Crippen LogP) is 3.91. The lowest BCUT2D eigenvalue weighted by atomic mass is 10.0. The molecule has 4 aromatic rings. The summed E-state index contributed by atoms with van der Waals surface area (Å²) in [6.45, 7) is 4.70. The number of nitrogens with one attached hydrogen (secondary N) is 2. The zero-order valence-corrected chi connectivity index (χ0v) is 19.2. The minimum absolute atomic E-state index is 0.0690. The number of hydrogen-bond acceptors (Lipinski definition) is 6. The molecule has 1 aromatic carbocycles. The van der Waals surface area contributed by atoms with Crippen molar-refractivity contribution in [1.29, 1.82) is 0 Å². The number of hydrogen-bond donors (Lipinski definition) is 2. The first-order valence-electron chi connectivity index (χ1n) is 11.6. The van der Waals surface area contributed by atoms with Crippen molar-refractivity contribution in [1.82, 2.24) is 29.6 Å². The molecule has 2 N–H and O–H groups in total. The van der Waals surface area contributed by atoms with Gasteiger partial charge in [0, 0.05) is 24.5 Å². The third kappa shape index (κ3) is 3.66. The Hall–Kier alpha value is -3.59. The molecule has 3 aromatic heterocycles. The molecule has 9 heteroatoms. The second-order valence-electron chi connectivity index (χ2n) is 9.51. The predicted molar refractivity (Wildman–Crippen MR) is 128 cm³/mol. The van der Waals surface area contributed by atoms with E-state index in [4.69, 9.17) is 4.98 Å². The second-order valence-corrected chi connectivity index (χ2v) is 9.51.